The van der Waals surface area contributed by atoms with Crippen LogP contribution in [-0.4, -0.2) is 23.9 Å². The molecule has 0 radical (unpaired) electrons. The number of fused-ring (bicyclic) bond motifs is 1. The quantitative estimate of drug-likeness (QED) is 0.566. The smallest absolute Gasteiger partial charge is 0.263 e. The van der Waals surface area contributed by atoms with Gasteiger partial charge in [-0.15, -0.1) is 11.3 Å². The molecule has 136 valence electrons. The molecule has 0 atom stereocenters. The molecular formula is C19H15N3O3S2. The third kappa shape index (κ3) is 3.36. The predicted molar refractivity (Wildman–Crippen MR) is 106 cm³/mol. The highest BCUT2D eigenvalue weighted by molar-refractivity contribution is 7.93. The highest BCUT2D eigenvalue weighted by Gasteiger charge is 2.18. The summed E-state index contributed by atoms with van der Waals surface area (Å²) in [5.41, 5.74) is 2.29. The molecule has 0 bridgehead atoms. The average Bonchev–Trinajstić information content (AvgIpc) is 3.30. The van der Waals surface area contributed by atoms with Crippen molar-refractivity contribution in [3.63, 3.8) is 0 Å². The fourth-order valence-corrected chi connectivity index (χ4v) is 4.57. The molecule has 6 nitrogen and oxygen atoms in total. The third-order valence-electron chi connectivity index (χ3n) is 4.14. The second-order valence-electron chi connectivity index (χ2n) is 6.02. The zero-order valence-corrected chi connectivity index (χ0v) is 15.9. The van der Waals surface area contributed by atoms with Gasteiger partial charge in [-0.05, 0) is 43.3 Å². The molecule has 1 N–H and O–H groups in total. The van der Waals surface area contributed by atoms with Crippen molar-refractivity contribution in [3.8, 4) is 0 Å². The van der Waals surface area contributed by atoms with Gasteiger partial charge in [0, 0.05) is 28.7 Å². The monoisotopic (exact) mass is 397 g/mol. The van der Waals surface area contributed by atoms with E-state index in [-0.39, 0.29) is 10.8 Å². The topological polar surface area (TPSA) is 81.1 Å². The Morgan fingerprint density at radius 3 is 2.59 bits per heavy atom. The SMILES string of the molecule is Cc1ccc(C(=O)n2ccc3cc(S(=O)(=O)Nc4nccs4)ccc32)cc1. The second-order valence-corrected chi connectivity index (χ2v) is 8.60. The van der Waals surface area contributed by atoms with E-state index < -0.39 is 10.0 Å². The van der Waals surface area contributed by atoms with E-state index in [4.69, 9.17) is 0 Å². The van der Waals surface area contributed by atoms with Gasteiger partial charge in [0.15, 0.2) is 5.13 Å². The van der Waals surface area contributed by atoms with Gasteiger partial charge in [-0.1, -0.05) is 17.7 Å². The van der Waals surface area contributed by atoms with Crippen LogP contribution in [0.3, 0.4) is 0 Å². The van der Waals surface area contributed by atoms with Gasteiger partial charge in [0.2, 0.25) is 0 Å². The normalized spacial score (nSPS) is 11.6. The average molecular weight is 397 g/mol. The minimum atomic E-state index is -3.74. The number of anilines is 1. The number of benzene rings is 2. The maximum Gasteiger partial charge on any atom is 0.263 e. The lowest BCUT2D eigenvalue weighted by atomic mass is 10.1. The number of aromatic nitrogens is 2. The van der Waals surface area contributed by atoms with E-state index in [0.29, 0.717) is 21.6 Å². The van der Waals surface area contributed by atoms with Gasteiger partial charge in [-0.2, -0.15) is 0 Å². The van der Waals surface area contributed by atoms with Crippen LogP contribution < -0.4 is 4.72 Å². The first kappa shape index (κ1) is 17.4. The number of carbonyl (C=O) groups is 1. The number of nitrogens with one attached hydrogen (secondary N) is 1. The van der Waals surface area contributed by atoms with Crippen molar-refractivity contribution in [1.29, 1.82) is 0 Å². The van der Waals surface area contributed by atoms with E-state index in [0.717, 1.165) is 5.56 Å². The van der Waals surface area contributed by atoms with Gasteiger partial charge in [0.1, 0.15) is 0 Å². The molecule has 2 aromatic carbocycles. The molecular weight excluding hydrogens is 382 g/mol. The Hall–Kier alpha value is -2.97. The van der Waals surface area contributed by atoms with E-state index in [9.17, 15) is 13.2 Å². The van der Waals surface area contributed by atoms with Crippen LogP contribution in [0.15, 0.2) is 71.2 Å². The largest absolute Gasteiger partial charge is 0.283 e. The van der Waals surface area contributed by atoms with Crippen LogP contribution in [0.5, 0.6) is 0 Å². The lowest BCUT2D eigenvalue weighted by Gasteiger charge is -2.07. The number of hydrogen-bond donors (Lipinski definition) is 1. The van der Waals surface area contributed by atoms with Crippen LogP contribution in [0.1, 0.15) is 15.9 Å². The zero-order chi connectivity index (χ0) is 19.0. The molecule has 8 heteroatoms. The van der Waals surface area contributed by atoms with E-state index in [2.05, 4.69) is 9.71 Å². The maximum atomic E-state index is 12.8. The summed E-state index contributed by atoms with van der Waals surface area (Å²) in [6.07, 6.45) is 3.18. The summed E-state index contributed by atoms with van der Waals surface area (Å²) in [5.74, 6) is -0.165. The van der Waals surface area contributed by atoms with Crippen LogP contribution in [0, 0.1) is 6.92 Å². The Morgan fingerprint density at radius 2 is 1.89 bits per heavy atom. The molecule has 0 unspecified atom stereocenters. The molecule has 2 heterocycles. The number of nitrogens with zero attached hydrogens (tertiary/aromatic N) is 2. The predicted octanol–water partition coefficient (Wildman–Crippen LogP) is 3.90. The van der Waals surface area contributed by atoms with Crippen LogP contribution in [0.25, 0.3) is 10.9 Å². The lowest BCUT2D eigenvalue weighted by Crippen LogP contribution is -2.13. The van der Waals surface area contributed by atoms with Crippen molar-refractivity contribution >= 4 is 43.3 Å². The molecule has 0 saturated carbocycles. The molecule has 0 fully saturated rings. The van der Waals surface area contributed by atoms with Gasteiger partial charge in [-0.25, -0.2) is 13.4 Å². The standard InChI is InChI=1S/C19H15N3O3S2/c1-13-2-4-14(5-3-13)18(23)22-10-8-15-12-16(6-7-17(15)22)27(24,25)21-19-20-9-11-26-19/h2-12H,1H3,(H,20,21). The number of hydrogen-bond acceptors (Lipinski definition) is 5. The third-order valence-corrected chi connectivity index (χ3v) is 6.30. The molecule has 4 aromatic rings. The van der Waals surface area contributed by atoms with E-state index in [1.54, 1.807) is 41.9 Å². The Kier molecular flexibility index (Phi) is 4.29. The Labute approximate surface area is 160 Å². The van der Waals surface area contributed by atoms with Gasteiger partial charge < -0.3 is 0 Å². The van der Waals surface area contributed by atoms with Crippen molar-refractivity contribution in [3.05, 3.63) is 77.4 Å². The number of carbonyl (C=O) groups excluding carboxylic acids is 1. The molecule has 2 aromatic heterocycles. The van der Waals surface area contributed by atoms with E-state index in [1.165, 1.54) is 28.2 Å². The van der Waals surface area contributed by atoms with Gasteiger partial charge in [0.05, 0.1) is 10.4 Å². The Morgan fingerprint density at radius 1 is 1.11 bits per heavy atom. The van der Waals surface area contributed by atoms with E-state index in [1.807, 2.05) is 19.1 Å². The number of sulfonamides is 1. The lowest BCUT2D eigenvalue weighted by molar-refractivity contribution is 0.0965. The van der Waals surface area contributed by atoms with Crippen molar-refractivity contribution in [1.82, 2.24) is 9.55 Å². The summed E-state index contributed by atoms with van der Waals surface area (Å²) in [6, 6.07) is 13.7. The van der Waals surface area contributed by atoms with Crippen LogP contribution >= 0.6 is 11.3 Å². The zero-order valence-electron chi connectivity index (χ0n) is 14.3. The first-order chi connectivity index (χ1) is 12.9. The van der Waals surface area contributed by atoms with Crippen LogP contribution in [0.2, 0.25) is 0 Å². The molecule has 0 aliphatic heterocycles. The molecule has 0 aliphatic carbocycles. The first-order valence-corrected chi connectivity index (χ1v) is 10.5. The van der Waals surface area contributed by atoms with Crippen molar-refractivity contribution < 1.29 is 13.2 Å². The summed E-state index contributed by atoms with van der Waals surface area (Å²) in [4.78, 5) is 16.8. The van der Waals surface area contributed by atoms with Crippen molar-refractivity contribution in [2.24, 2.45) is 0 Å². The summed E-state index contributed by atoms with van der Waals surface area (Å²) < 4.78 is 29.0. The van der Waals surface area contributed by atoms with Gasteiger partial charge in [-0.3, -0.25) is 14.1 Å². The van der Waals surface area contributed by atoms with E-state index >= 15 is 0 Å². The summed E-state index contributed by atoms with van der Waals surface area (Å²) in [6.45, 7) is 1.96. The highest BCUT2D eigenvalue weighted by Crippen LogP contribution is 2.24. The highest BCUT2D eigenvalue weighted by atomic mass is 32.2. The number of aryl methyl sites for hydroxylation is 1. The van der Waals surface area contributed by atoms with Crippen molar-refractivity contribution in [2.45, 2.75) is 11.8 Å². The first-order valence-electron chi connectivity index (χ1n) is 8.09. The Balaban J connectivity index is 1.69. The second kappa shape index (κ2) is 6.64. The van der Waals surface area contributed by atoms with Gasteiger partial charge in [0.25, 0.3) is 15.9 Å². The molecule has 0 saturated heterocycles. The number of rotatable bonds is 4. The fraction of sp³-hybridized carbons (Fsp3) is 0.0526. The Bertz CT molecular complexity index is 1230. The van der Waals surface area contributed by atoms with Crippen LogP contribution in [0.4, 0.5) is 5.13 Å². The van der Waals surface area contributed by atoms with Crippen LogP contribution in [-0.2, 0) is 10.0 Å². The summed E-state index contributed by atoms with van der Waals surface area (Å²) in [5, 5.41) is 2.66. The number of thiazole rings is 1. The molecule has 4 rings (SSSR count). The fourth-order valence-electron chi connectivity index (χ4n) is 2.75. The molecule has 0 amide bonds. The molecule has 0 spiro atoms. The van der Waals surface area contributed by atoms with Crippen molar-refractivity contribution in [2.75, 3.05) is 4.72 Å². The molecule has 27 heavy (non-hydrogen) atoms. The van der Waals surface area contributed by atoms with Gasteiger partial charge >= 0.3 is 0 Å². The summed E-state index contributed by atoms with van der Waals surface area (Å²) >= 11 is 1.20. The maximum absolute atomic E-state index is 12.8. The molecule has 0 aliphatic rings. The summed E-state index contributed by atoms with van der Waals surface area (Å²) in [7, 11) is -3.74. The minimum absolute atomic E-state index is 0.116. The minimum Gasteiger partial charge on any atom is -0.283 e.